The largest absolute Gasteiger partial charge is 0.317 e. The van der Waals surface area contributed by atoms with Gasteiger partial charge in [-0.05, 0) is 68.8 Å². The summed E-state index contributed by atoms with van der Waals surface area (Å²) in [6.07, 6.45) is 6.30. The Labute approximate surface area is 133 Å². The molecule has 0 spiro atoms. The fourth-order valence-corrected chi connectivity index (χ4v) is 3.22. The first-order chi connectivity index (χ1) is 9.81. The van der Waals surface area contributed by atoms with Crippen molar-refractivity contribution in [2.75, 3.05) is 26.2 Å². The smallest absolute Gasteiger partial charge is 0.123 e. The molecule has 0 bridgehead atoms. The van der Waals surface area contributed by atoms with Crippen LogP contribution in [0.1, 0.15) is 31.2 Å². The minimum absolute atomic E-state index is 0. The lowest BCUT2D eigenvalue weighted by molar-refractivity contribution is 0.199. The summed E-state index contributed by atoms with van der Waals surface area (Å²) in [6, 6.07) is 7.86. The molecule has 1 aliphatic heterocycles. The number of benzene rings is 1. The summed E-state index contributed by atoms with van der Waals surface area (Å²) >= 11 is 0. The van der Waals surface area contributed by atoms with E-state index in [1.807, 2.05) is 12.1 Å². The van der Waals surface area contributed by atoms with Crippen molar-refractivity contribution in [1.29, 1.82) is 0 Å². The van der Waals surface area contributed by atoms with E-state index in [4.69, 9.17) is 0 Å². The minimum Gasteiger partial charge on any atom is -0.317 e. The van der Waals surface area contributed by atoms with E-state index in [0.717, 1.165) is 30.5 Å². The highest BCUT2D eigenvalue weighted by Gasteiger charge is 2.30. The van der Waals surface area contributed by atoms with Gasteiger partial charge in [-0.3, -0.25) is 4.90 Å². The second kappa shape index (κ2) is 8.11. The molecule has 2 aliphatic rings. The van der Waals surface area contributed by atoms with Crippen molar-refractivity contribution in [1.82, 2.24) is 10.2 Å². The molecule has 0 unspecified atom stereocenters. The predicted molar refractivity (Wildman–Crippen MR) is 87.5 cm³/mol. The Bertz CT molecular complexity index is 431. The zero-order valence-corrected chi connectivity index (χ0v) is 13.4. The molecule has 1 aromatic carbocycles. The van der Waals surface area contributed by atoms with E-state index >= 15 is 0 Å². The van der Waals surface area contributed by atoms with Gasteiger partial charge < -0.3 is 5.32 Å². The molecule has 0 aromatic heterocycles. The molecule has 3 rings (SSSR count). The first-order valence-electron chi connectivity index (χ1n) is 8.00. The standard InChI is InChI=1S/C17H25FN2.ClH/c18-16-3-1-2-14(12-16)8-11-20(17-4-5-17)13-15-6-9-19-10-7-15;/h1-3,12,15,17,19H,4-11,13H2;1H. The van der Waals surface area contributed by atoms with E-state index in [0.29, 0.717) is 0 Å². The maximum atomic E-state index is 13.2. The summed E-state index contributed by atoms with van der Waals surface area (Å²) in [7, 11) is 0. The molecule has 4 heteroatoms. The van der Waals surface area contributed by atoms with Crippen molar-refractivity contribution in [3.63, 3.8) is 0 Å². The lowest BCUT2D eigenvalue weighted by Gasteiger charge is -2.30. The Balaban J connectivity index is 0.00000161. The Morgan fingerprint density at radius 1 is 1.14 bits per heavy atom. The normalized spacial score (nSPS) is 19.5. The topological polar surface area (TPSA) is 15.3 Å². The molecule has 21 heavy (non-hydrogen) atoms. The van der Waals surface area contributed by atoms with Crippen LogP contribution in [0, 0.1) is 11.7 Å². The predicted octanol–water partition coefficient (Wildman–Crippen LogP) is 3.25. The van der Waals surface area contributed by atoms with E-state index in [1.54, 1.807) is 6.07 Å². The van der Waals surface area contributed by atoms with Crippen molar-refractivity contribution in [3.05, 3.63) is 35.6 Å². The Kier molecular flexibility index (Phi) is 6.46. The SMILES string of the molecule is Cl.Fc1cccc(CCN(CC2CCNCC2)C2CC2)c1. The Morgan fingerprint density at radius 2 is 1.90 bits per heavy atom. The van der Waals surface area contributed by atoms with Crippen LogP contribution in [-0.2, 0) is 6.42 Å². The number of halogens is 2. The molecule has 118 valence electrons. The van der Waals surface area contributed by atoms with E-state index in [1.165, 1.54) is 51.4 Å². The molecular weight excluding hydrogens is 287 g/mol. The molecule has 1 heterocycles. The highest BCUT2D eigenvalue weighted by Crippen LogP contribution is 2.29. The molecule has 0 atom stereocenters. The van der Waals surface area contributed by atoms with Crippen molar-refractivity contribution < 1.29 is 4.39 Å². The maximum absolute atomic E-state index is 13.2. The van der Waals surface area contributed by atoms with Gasteiger partial charge in [0, 0.05) is 19.1 Å². The lowest BCUT2D eigenvalue weighted by Crippen LogP contribution is -2.38. The lowest BCUT2D eigenvalue weighted by atomic mass is 9.97. The average Bonchev–Trinajstić information content (AvgIpc) is 3.29. The molecule has 2 nitrogen and oxygen atoms in total. The third-order valence-electron chi connectivity index (χ3n) is 4.59. The number of hydrogen-bond acceptors (Lipinski definition) is 2. The summed E-state index contributed by atoms with van der Waals surface area (Å²) in [5, 5.41) is 3.44. The average molecular weight is 313 g/mol. The van der Waals surface area contributed by atoms with Crippen LogP contribution < -0.4 is 5.32 Å². The maximum Gasteiger partial charge on any atom is 0.123 e. The van der Waals surface area contributed by atoms with E-state index in [2.05, 4.69) is 10.2 Å². The first-order valence-corrected chi connectivity index (χ1v) is 8.00. The monoisotopic (exact) mass is 312 g/mol. The van der Waals surface area contributed by atoms with Gasteiger partial charge >= 0.3 is 0 Å². The molecule has 1 aromatic rings. The van der Waals surface area contributed by atoms with E-state index in [9.17, 15) is 4.39 Å². The van der Waals surface area contributed by atoms with Gasteiger partial charge in [0.2, 0.25) is 0 Å². The van der Waals surface area contributed by atoms with Crippen LogP contribution in [0.3, 0.4) is 0 Å². The summed E-state index contributed by atoms with van der Waals surface area (Å²) < 4.78 is 13.2. The second-order valence-electron chi connectivity index (χ2n) is 6.30. The fourth-order valence-electron chi connectivity index (χ4n) is 3.22. The van der Waals surface area contributed by atoms with Gasteiger partial charge in [0.05, 0.1) is 0 Å². The highest BCUT2D eigenvalue weighted by atomic mass is 35.5. The Hall–Kier alpha value is -0.640. The summed E-state index contributed by atoms with van der Waals surface area (Å²) in [5.41, 5.74) is 1.13. The van der Waals surface area contributed by atoms with Crippen molar-refractivity contribution in [3.8, 4) is 0 Å². The third-order valence-corrected chi connectivity index (χ3v) is 4.59. The zero-order chi connectivity index (χ0) is 13.8. The molecular formula is C17H26ClFN2. The molecule has 2 fully saturated rings. The van der Waals surface area contributed by atoms with Gasteiger partial charge in [0.1, 0.15) is 5.82 Å². The van der Waals surface area contributed by atoms with Gasteiger partial charge in [-0.1, -0.05) is 12.1 Å². The van der Waals surface area contributed by atoms with Gasteiger partial charge in [-0.15, -0.1) is 12.4 Å². The number of piperidine rings is 1. The van der Waals surface area contributed by atoms with E-state index in [-0.39, 0.29) is 18.2 Å². The number of nitrogens with one attached hydrogen (secondary N) is 1. The van der Waals surface area contributed by atoms with Gasteiger partial charge in [-0.25, -0.2) is 4.39 Å². The van der Waals surface area contributed by atoms with Crippen molar-refractivity contribution >= 4 is 12.4 Å². The molecule has 1 saturated carbocycles. The number of hydrogen-bond donors (Lipinski definition) is 1. The van der Waals surface area contributed by atoms with Crippen LogP contribution >= 0.6 is 12.4 Å². The molecule has 1 N–H and O–H groups in total. The van der Waals surface area contributed by atoms with Gasteiger partial charge in [-0.2, -0.15) is 0 Å². The number of rotatable bonds is 6. The van der Waals surface area contributed by atoms with Gasteiger partial charge in [0.15, 0.2) is 0 Å². The highest BCUT2D eigenvalue weighted by molar-refractivity contribution is 5.85. The van der Waals surface area contributed by atoms with Crippen LogP contribution in [0.4, 0.5) is 4.39 Å². The fraction of sp³-hybridized carbons (Fsp3) is 0.647. The third kappa shape index (κ3) is 5.24. The number of nitrogens with zero attached hydrogens (tertiary/aromatic N) is 1. The summed E-state index contributed by atoms with van der Waals surface area (Å²) in [5.74, 6) is 0.739. The summed E-state index contributed by atoms with van der Waals surface area (Å²) in [4.78, 5) is 2.65. The second-order valence-corrected chi connectivity index (χ2v) is 6.30. The minimum atomic E-state index is -0.112. The molecule has 0 radical (unpaired) electrons. The quantitative estimate of drug-likeness (QED) is 0.867. The van der Waals surface area contributed by atoms with E-state index < -0.39 is 0 Å². The molecule has 1 aliphatic carbocycles. The van der Waals surface area contributed by atoms with Crippen molar-refractivity contribution in [2.24, 2.45) is 5.92 Å². The molecule has 1 saturated heterocycles. The van der Waals surface area contributed by atoms with Crippen molar-refractivity contribution in [2.45, 2.75) is 38.1 Å². The van der Waals surface area contributed by atoms with Crippen LogP contribution in [0.2, 0.25) is 0 Å². The summed E-state index contributed by atoms with van der Waals surface area (Å²) in [6.45, 7) is 4.67. The van der Waals surface area contributed by atoms with Gasteiger partial charge in [0.25, 0.3) is 0 Å². The molecule has 0 amide bonds. The first kappa shape index (κ1) is 16.7. The van der Waals surface area contributed by atoms with Crippen LogP contribution in [0.25, 0.3) is 0 Å². The van der Waals surface area contributed by atoms with Crippen LogP contribution in [-0.4, -0.2) is 37.1 Å². The Morgan fingerprint density at radius 3 is 2.57 bits per heavy atom. The van der Waals surface area contributed by atoms with Crippen LogP contribution in [0.5, 0.6) is 0 Å². The van der Waals surface area contributed by atoms with Crippen LogP contribution in [0.15, 0.2) is 24.3 Å². The zero-order valence-electron chi connectivity index (χ0n) is 12.6.